The summed E-state index contributed by atoms with van der Waals surface area (Å²) < 4.78 is 18.5. The Hall–Kier alpha value is -8.80. The van der Waals surface area contributed by atoms with Crippen LogP contribution in [-0.2, 0) is 0 Å². The van der Waals surface area contributed by atoms with Gasteiger partial charge in [-0.3, -0.25) is 0 Å². The van der Waals surface area contributed by atoms with Gasteiger partial charge < -0.3 is 22.9 Å². The van der Waals surface area contributed by atoms with Crippen molar-refractivity contribution in [2.75, 3.05) is 4.90 Å². The molecular formula is C60H37N3O2. The fraction of sp³-hybridized carbons (Fsp3) is 0. The molecule has 0 saturated heterocycles. The molecular weight excluding hydrogens is 795 g/mol. The average Bonchev–Trinajstić information content (AvgIpc) is 4.13. The summed E-state index contributed by atoms with van der Waals surface area (Å²) in [7, 11) is 0. The van der Waals surface area contributed by atoms with Crippen LogP contribution in [0.5, 0.6) is 0 Å². The van der Waals surface area contributed by atoms with E-state index >= 15 is 0 Å². The number of furan rings is 2. The predicted octanol–water partition coefficient (Wildman–Crippen LogP) is 16.8. The van der Waals surface area contributed by atoms with Crippen LogP contribution in [0, 0.1) is 0 Å². The van der Waals surface area contributed by atoms with Gasteiger partial charge in [-0.1, -0.05) is 121 Å². The second kappa shape index (κ2) is 13.9. The van der Waals surface area contributed by atoms with E-state index in [4.69, 9.17) is 8.83 Å². The fourth-order valence-electron chi connectivity index (χ4n) is 10.5. The van der Waals surface area contributed by atoms with Crippen molar-refractivity contribution in [1.82, 2.24) is 9.13 Å². The van der Waals surface area contributed by atoms with Crippen LogP contribution in [0.15, 0.2) is 233 Å². The number of nitrogens with zero attached hydrogens (tertiary/aromatic N) is 3. The number of benzene rings is 10. The molecule has 5 nitrogen and oxygen atoms in total. The normalized spacial score (nSPS) is 12.0. The van der Waals surface area contributed by atoms with E-state index in [0.717, 1.165) is 122 Å². The third-order valence-electron chi connectivity index (χ3n) is 13.3. The lowest BCUT2D eigenvalue weighted by Gasteiger charge is -2.26. The molecule has 0 bridgehead atoms. The SMILES string of the molecule is c1ccc(N(c2ccc(-c3cccc4c3oc3ccccc34)cc2)c2ccc3c(c2)c2c4oc5c(ccc6c5c5ccccc5n6-c5ccccc5)c4ccc2n3-c2ccccc2)cc1. The first-order valence-corrected chi connectivity index (χ1v) is 22.1. The van der Waals surface area contributed by atoms with Gasteiger partial charge in [0, 0.05) is 66.3 Å². The number of hydrogen-bond acceptors (Lipinski definition) is 3. The molecule has 65 heavy (non-hydrogen) atoms. The van der Waals surface area contributed by atoms with Crippen molar-refractivity contribution in [2.24, 2.45) is 0 Å². The van der Waals surface area contributed by atoms with E-state index in [0.29, 0.717) is 0 Å². The number of fused-ring (bicyclic) bond motifs is 14. The average molecular weight is 832 g/mol. The Morgan fingerprint density at radius 1 is 0.308 bits per heavy atom. The first-order chi connectivity index (χ1) is 32.3. The minimum absolute atomic E-state index is 0.883. The molecule has 0 saturated carbocycles. The maximum Gasteiger partial charge on any atom is 0.145 e. The van der Waals surface area contributed by atoms with E-state index in [-0.39, 0.29) is 0 Å². The topological polar surface area (TPSA) is 39.4 Å². The van der Waals surface area contributed by atoms with Gasteiger partial charge in [-0.25, -0.2) is 0 Å². The highest BCUT2D eigenvalue weighted by Gasteiger charge is 2.24. The van der Waals surface area contributed by atoms with Crippen molar-refractivity contribution < 1.29 is 8.83 Å². The van der Waals surface area contributed by atoms with Gasteiger partial charge >= 0.3 is 0 Å². The zero-order valence-corrected chi connectivity index (χ0v) is 35.0. The van der Waals surface area contributed by atoms with Crippen LogP contribution < -0.4 is 4.90 Å². The van der Waals surface area contributed by atoms with E-state index in [1.807, 2.05) is 12.1 Å². The van der Waals surface area contributed by atoms with Gasteiger partial charge in [0.25, 0.3) is 0 Å². The molecule has 0 aliphatic carbocycles. The van der Waals surface area contributed by atoms with Gasteiger partial charge in [-0.2, -0.15) is 0 Å². The van der Waals surface area contributed by atoms with Crippen molar-refractivity contribution in [1.29, 1.82) is 0 Å². The summed E-state index contributed by atoms with van der Waals surface area (Å²) in [6, 6.07) is 80.0. The summed E-state index contributed by atoms with van der Waals surface area (Å²) >= 11 is 0. The summed E-state index contributed by atoms with van der Waals surface area (Å²) in [6.45, 7) is 0. The number of hydrogen-bond donors (Lipinski definition) is 0. The zero-order chi connectivity index (χ0) is 42.6. The van der Waals surface area contributed by atoms with E-state index < -0.39 is 0 Å². The molecule has 5 heteroatoms. The van der Waals surface area contributed by atoms with Gasteiger partial charge in [0.15, 0.2) is 0 Å². The molecule has 10 aromatic carbocycles. The second-order valence-corrected chi connectivity index (χ2v) is 16.8. The third kappa shape index (κ3) is 5.27. The second-order valence-electron chi connectivity index (χ2n) is 16.8. The van der Waals surface area contributed by atoms with Crippen molar-refractivity contribution in [3.8, 4) is 22.5 Å². The van der Waals surface area contributed by atoms with E-state index in [2.05, 4.69) is 226 Å². The van der Waals surface area contributed by atoms with Crippen LogP contribution in [0.4, 0.5) is 17.1 Å². The van der Waals surface area contributed by atoms with Crippen molar-refractivity contribution in [2.45, 2.75) is 0 Å². The number of para-hydroxylation sites is 6. The minimum Gasteiger partial charge on any atom is -0.455 e. The van der Waals surface area contributed by atoms with Crippen LogP contribution in [0.2, 0.25) is 0 Å². The summed E-state index contributed by atoms with van der Waals surface area (Å²) in [5.41, 5.74) is 15.6. The van der Waals surface area contributed by atoms with Crippen molar-refractivity contribution in [3.63, 3.8) is 0 Å². The Balaban J connectivity index is 0.999. The predicted molar refractivity (Wildman–Crippen MR) is 270 cm³/mol. The number of rotatable bonds is 6. The van der Waals surface area contributed by atoms with E-state index in [9.17, 15) is 0 Å². The lowest BCUT2D eigenvalue weighted by Crippen LogP contribution is -2.09. The zero-order valence-electron chi connectivity index (χ0n) is 35.0. The maximum absolute atomic E-state index is 7.32. The Bertz CT molecular complexity index is 4160. The molecule has 0 amide bonds. The standard InChI is InChI=1S/C60H37N3O2/c1-4-15-39(16-5-1)61(42-29-27-38(28-30-42)44-23-14-24-46-45-21-11-13-26-55(45)64-58(44)46)43-31-34-52-50(37-43)57-54(63(52)41-19-8-3-9-20-41)36-33-48-47-32-35-53-56(59(47)65-60(48)57)49-22-10-12-25-51(49)62(53)40-17-6-2-7-18-40/h1-37H. The van der Waals surface area contributed by atoms with Crippen LogP contribution in [-0.4, -0.2) is 9.13 Å². The molecule has 304 valence electrons. The van der Waals surface area contributed by atoms with Crippen LogP contribution >= 0.6 is 0 Å². The molecule has 4 aromatic heterocycles. The van der Waals surface area contributed by atoms with Gasteiger partial charge in [0.05, 0.1) is 32.8 Å². The first kappa shape index (κ1) is 35.8. The first-order valence-electron chi connectivity index (χ1n) is 22.1. The molecule has 0 aliphatic heterocycles. The van der Waals surface area contributed by atoms with Crippen LogP contribution in [0.3, 0.4) is 0 Å². The monoisotopic (exact) mass is 831 g/mol. The molecule has 0 spiro atoms. The van der Waals surface area contributed by atoms with Gasteiger partial charge in [-0.05, 0) is 109 Å². The van der Waals surface area contributed by atoms with Crippen LogP contribution in [0.1, 0.15) is 0 Å². The minimum atomic E-state index is 0.883. The Labute approximate surface area is 372 Å². The smallest absolute Gasteiger partial charge is 0.145 e. The highest BCUT2D eigenvalue weighted by atomic mass is 16.3. The molecule has 0 atom stereocenters. The molecule has 0 N–H and O–H groups in total. The molecule has 4 heterocycles. The van der Waals surface area contributed by atoms with Crippen molar-refractivity contribution >= 4 is 105 Å². The highest BCUT2D eigenvalue weighted by molar-refractivity contribution is 6.29. The lowest BCUT2D eigenvalue weighted by atomic mass is 10.0. The van der Waals surface area contributed by atoms with Crippen molar-refractivity contribution in [3.05, 3.63) is 224 Å². The summed E-state index contributed by atoms with van der Waals surface area (Å²) in [5, 5.41) is 8.94. The largest absolute Gasteiger partial charge is 0.455 e. The maximum atomic E-state index is 7.32. The Kier molecular flexibility index (Phi) is 7.62. The van der Waals surface area contributed by atoms with E-state index in [1.165, 1.54) is 5.39 Å². The van der Waals surface area contributed by atoms with Gasteiger partial charge in [-0.15, -0.1) is 0 Å². The molecule has 0 radical (unpaired) electrons. The molecule has 0 aliphatic rings. The molecule has 0 fully saturated rings. The highest BCUT2D eigenvalue weighted by Crippen LogP contribution is 2.47. The van der Waals surface area contributed by atoms with Gasteiger partial charge in [0.1, 0.15) is 22.3 Å². The number of anilines is 3. The Morgan fingerprint density at radius 3 is 1.51 bits per heavy atom. The summed E-state index contributed by atoms with van der Waals surface area (Å²) in [4.78, 5) is 2.34. The summed E-state index contributed by atoms with van der Waals surface area (Å²) in [6.07, 6.45) is 0. The fourth-order valence-corrected chi connectivity index (χ4v) is 10.5. The summed E-state index contributed by atoms with van der Waals surface area (Å²) in [5.74, 6) is 0. The lowest BCUT2D eigenvalue weighted by molar-refractivity contribution is 0.670. The number of aromatic nitrogens is 2. The molecule has 14 aromatic rings. The molecule has 14 rings (SSSR count). The third-order valence-corrected chi connectivity index (χ3v) is 13.3. The van der Waals surface area contributed by atoms with E-state index in [1.54, 1.807) is 0 Å². The quantitative estimate of drug-likeness (QED) is 0.168. The van der Waals surface area contributed by atoms with Crippen LogP contribution in [0.25, 0.3) is 110 Å². The Morgan fingerprint density at radius 2 is 0.815 bits per heavy atom. The van der Waals surface area contributed by atoms with Gasteiger partial charge in [0.2, 0.25) is 0 Å². The molecule has 0 unspecified atom stereocenters.